The maximum absolute atomic E-state index is 13.3. The molecule has 0 saturated heterocycles. The molecule has 4 bridgehead atoms. The smallest absolute Gasteiger partial charge is 0.270 e. The number of hydrogen-bond donors (Lipinski definition) is 2. The van der Waals surface area contributed by atoms with Gasteiger partial charge in [-0.25, -0.2) is 9.97 Å². The molecule has 3 aromatic heterocycles. The Morgan fingerprint density at radius 1 is 0.879 bits per heavy atom. The minimum atomic E-state index is -0.302. The van der Waals surface area contributed by atoms with E-state index in [-0.39, 0.29) is 22.9 Å². The van der Waals surface area contributed by atoms with Gasteiger partial charge in [-0.05, 0) is 87.6 Å². The topological polar surface area (TPSA) is 96.9 Å². The predicted molar refractivity (Wildman–Crippen MR) is 124 cm³/mol. The number of aromatic nitrogens is 3. The van der Waals surface area contributed by atoms with Gasteiger partial charge < -0.3 is 10.6 Å². The highest BCUT2D eigenvalue weighted by Gasteiger charge is 2.58. The van der Waals surface area contributed by atoms with E-state index in [0.29, 0.717) is 23.2 Å². The molecule has 2 N–H and O–H groups in total. The highest BCUT2D eigenvalue weighted by molar-refractivity contribution is 5.95. The number of aryl methyl sites for hydroxylation is 1. The van der Waals surface area contributed by atoms with Crippen molar-refractivity contribution in [2.75, 3.05) is 0 Å². The normalized spacial score (nSPS) is 29.7. The lowest BCUT2D eigenvalue weighted by Gasteiger charge is -2.62. The van der Waals surface area contributed by atoms with Crippen molar-refractivity contribution in [2.45, 2.75) is 56.5 Å². The summed E-state index contributed by atoms with van der Waals surface area (Å²) in [6.45, 7) is 1.89. The molecule has 33 heavy (non-hydrogen) atoms. The maximum Gasteiger partial charge on any atom is 0.270 e. The van der Waals surface area contributed by atoms with Crippen molar-refractivity contribution in [1.29, 1.82) is 0 Å². The van der Waals surface area contributed by atoms with E-state index in [4.69, 9.17) is 0 Å². The Labute approximate surface area is 192 Å². The van der Waals surface area contributed by atoms with Crippen LogP contribution in [0.25, 0.3) is 10.9 Å². The molecule has 7 nitrogen and oxygen atoms in total. The zero-order valence-corrected chi connectivity index (χ0v) is 18.7. The third kappa shape index (κ3) is 3.65. The number of nitrogens with one attached hydrogen (secondary N) is 2. The molecule has 4 saturated carbocycles. The van der Waals surface area contributed by atoms with Gasteiger partial charge in [0.25, 0.3) is 11.8 Å². The first-order valence-electron chi connectivity index (χ1n) is 11.7. The van der Waals surface area contributed by atoms with Gasteiger partial charge in [0, 0.05) is 34.6 Å². The van der Waals surface area contributed by atoms with Crippen LogP contribution in [0.15, 0.2) is 48.8 Å². The molecule has 2 amide bonds. The molecule has 4 aliphatic carbocycles. The predicted octanol–water partition coefficient (Wildman–Crippen LogP) is 3.58. The van der Waals surface area contributed by atoms with E-state index in [1.54, 1.807) is 24.5 Å². The number of rotatable bonds is 4. The van der Waals surface area contributed by atoms with E-state index in [1.807, 2.05) is 31.2 Å². The van der Waals surface area contributed by atoms with Crippen molar-refractivity contribution < 1.29 is 9.59 Å². The van der Waals surface area contributed by atoms with Crippen molar-refractivity contribution in [3.8, 4) is 0 Å². The molecule has 0 aliphatic heterocycles. The lowest BCUT2D eigenvalue weighted by Crippen LogP contribution is -2.70. The number of carbonyl (C=O) groups excluding carboxylic acids is 2. The Morgan fingerprint density at radius 3 is 2.21 bits per heavy atom. The summed E-state index contributed by atoms with van der Waals surface area (Å²) in [4.78, 5) is 39.4. The van der Waals surface area contributed by atoms with Crippen LogP contribution in [0.2, 0.25) is 0 Å². The average Bonchev–Trinajstić information content (AvgIpc) is 2.77. The van der Waals surface area contributed by atoms with Crippen molar-refractivity contribution in [3.63, 3.8) is 0 Å². The zero-order chi connectivity index (χ0) is 22.6. The van der Waals surface area contributed by atoms with Crippen LogP contribution in [0.5, 0.6) is 0 Å². The molecule has 0 aromatic carbocycles. The zero-order valence-electron chi connectivity index (χ0n) is 18.7. The number of pyridine rings is 3. The standard InChI is InChI=1S/C26H27N5O2/c1-16-3-2-4-21(28-16)23(32)30-25-10-17-9-18(11-25)13-26(12-17,15-25)31-24(33)22-6-5-19-14-27-8-7-20(19)29-22/h2-8,14,17-18H,9-13,15H2,1H3,(H,30,32)(H,31,33). The molecule has 7 rings (SSSR count). The lowest BCUT2D eigenvalue weighted by molar-refractivity contribution is -0.0449. The number of nitrogens with zero attached hydrogens (tertiary/aromatic N) is 3. The molecule has 2 atom stereocenters. The molecular formula is C26H27N5O2. The van der Waals surface area contributed by atoms with E-state index < -0.39 is 0 Å². The van der Waals surface area contributed by atoms with Crippen LogP contribution in [-0.4, -0.2) is 37.8 Å². The molecule has 0 spiro atoms. The summed E-state index contributed by atoms with van der Waals surface area (Å²) in [7, 11) is 0. The Morgan fingerprint density at radius 2 is 1.55 bits per heavy atom. The summed E-state index contributed by atoms with van der Waals surface area (Å²) in [6, 6.07) is 11.0. The van der Waals surface area contributed by atoms with Gasteiger partial charge in [-0.1, -0.05) is 6.07 Å². The van der Waals surface area contributed by atoms with Gasteiger partial charge in [0.05, 0.1) is 5.52 Å². The molecule has 0 radical (unpaired) electrons. The van der Waals surface area contributed by atoms with Crippen LogP contribution >= 0.6 is 0 Å². The second-order valence-electron chi connectivity index (χ2n) is 10.4. The summed E-state index contributed by atoms with van der Waals surface area (Å²) < 4.78 is 0. The highest BCUT2D eigenvalue weighted by Crippen LogP contribution is 2.57. The van der Waals surface area contributed by atoms with Gasteiger partial charge in [0.1, 0.15) is 11.4 Å². The Kier molecular flexibility index (Phi) is 4.50. The fraction of sp³-hybridized carbons (Fsp3) is 0.423. The quantitative estimate of drug-likeness (QED) is 0.645. The second-order valence-corrected chi connectivity index (χ2v) is 10.4. The first-order chi connectivity index (χ1) is 15.9. The fourth-order valence-electron chi connectivity index (χ4n) is 6.93. The van der Waals surface area contributed by atoms with Crippen molar-refractivity contribution in [2.24, 2.45) is 11.8 Å². The Hall–Kier alpha value is -3.35. The first kappa shape index (κ1) is 20.3. The van der Waals surface area contributed by atoms with Crippen molar-refractivity contribution in [3.05, 3.63) is 65.9 Å². The highest BCUT2D eigenvalue weighted by atomic mass is 16.2. The molecule has 2 unspecified atom stereocenters. The summed E-state index contributed by atoms with van der Waals surface area (Å²) >= 11 is 0. The molecule has 168 valence electrons. The van der Waals surface area contributed by atoms with E-state index in [1.165, 1.54) is 6.42 Å². The first-order valence-corrected chi connectivity index (χ1v) is 11.7. The van der Waals surface area contributed by atoms with Crippen LogP contribution in [0.4, 0.5) is 0 Å². The average molecular weight is 442 g/mol. The van der Waals surface area contributed by atoms with E-state index in [9.17, 15) is 9.59 Å². The summed E-state index contributed by atoms with van der Waals surface area (Å²) in [5, 5.41) is 7.64. The number of hydrogen-bond acceptors (Lipinski definition) is 5. The molecular weight excluding hydrogens is 414 g/mol. The van der Waals surface area contributed by atoms with Gasteiger partial charge in [-0.2, -0.15) is 0 Å². The van der Waals surface area contributed by atoms with Crippen LogP contribution < -0.4 is 10.6 Å². The lowest BCUT2D eigenvalue weighted by atomic mass is 9.49. The van der Waals surface area contributed by atoms with Gasteiger partial charge in [0.15, 0.2) is 0 Å². The largest absolute Gasteiger partial charge is 0.345 e. The molecule has 3 aromatic rings. The van der Waals surface area contributed by atoms with Crippen molar-refractivity contribution >= 4 is 22.7 Å². The summed E-state index contributed by atoms with van der Waals surface area (Å²) in [5.74, 6) is 0.755. The van der Waals surface area contributed by atoms with Gasteiger partial charge in [0.2, 0.25) is 0 Å². The Balaban J connectivity index is 1.25. The minimum absolute atomic E-state index is 0.119. The van der Waals surface area contributed by atoms with E-state index >= 15 is 0 Å². The fourth-order valence-corrected chi connectivity index (χ4v) is 6.93. The van der Waals surface area contributed by atoms with Gasteiger partial charge in [-0.15, -0.1) is 0 Å². The van der Waals surface area contributed by atoms with Gasteiger partial charge in [-0.3, -0.25) is 14.6 Å². The van der Waals surface area contributed by atoms with E-state index in [0.717, 1.165) is 48.7 Å². The minimum Gasteiger partial charge on any atom is -0.345 e. The van der Waals surface area contributed by atoms with E-state index in [2.05, 4.69) is 25.6 Å². The monoisotopic (exact) mass is 441 g/mol. The van der Waals surface area contributed by atoms with Crippen LogP contribution in [0.1, 0.15) is 65.2 Å². The molecule has 4 aliphatic rings. The second kappa shape index (κ2) is 7.33. The third-order valence-corrected chi connectivity index (χ3v) is 7.66. The van der Waals surface area contributed by atoms with Crippen molar-refractivity contribution in [1.82, 2.24) is 25.6 Å². The molecule has 7 heteroatoms. The number of carbonyl (C=O) groups is 2. The summed E-state index contributed by atoms with van der Waals surface area (Å²) in [5.41, 5.74) is 1.88. The third-order valence-electron chi connectivity index (χ3n) is 7.66. The Bertz CT molecular complexity index is 1260. The number of amides is 2. The molecule has 4 fully saturated rings. The summed E-state index contributed by atoms with van der Waals surface area (Å²) in [6.07, 6.45) is 9.25. The SMILES string of the molecule is Cc1cccc(C(=O)NC23CC4CC(C2)CC(NC(=O)c2ccc5cnccc5n2)(C4)C3)n1. The van der Waals surface area contributed by atoms with Gasteiger partial charge >= 0.3 is 0 Å². The number of fused-ring (bicyclic) bond motifs is 1. The maximum atomic E-state index is 13.3. The van der Waals surface area contributed by atoms with Crippen LogP contribution in [0.3, 0.4) is 0 Å². The van der Waals surface area contributed by atoms with Crippen LogP contribution in [0, 0.1) is 18.8 Å². The molecule has 3 heterocycles. The van der Waals surface area contributed by atoms with Crippen LogP contribution in [-0.2, 0) is 0 Å².